The summed E-state index contributed by atoms with van der Waals surface area (Å²) < 4.78 is 19.4. The molecule has 26 heavy (non-hydrogen) atoms. The van der Waals surface area contributed by atoms with Crippen LogP contribution in [0.15, 0.2) is 54.7 Å². The van der Waals surface area contributed by atoms with Crippen molar-refractivity contribution in [1.29, 1.82) is 0 Å². The highest BCUT2D eigenvalue weighted by Crippen LogP contribution is 2.20. The topological polar surface area (TPSA) is 52.1 Å². The van der Waals surface area contributed by atoms with E-state index in [2.05, 4.69) is 9.97 Å². The Morgan fingerprint density at radius 2 is 1.88 bits per heavy atom. The molecule has 4 nitrogen and oxygen atoms in total. The van der Waals surface area contributed by atoms with E-state index < -0.39 is 11.1 Å². The van der Waals surface area contributed by atoms with Crippen LogP contribution < -0.4 is 4.74 Å². The van der Waals surface area contributed by atoms with Gasteiger partial charge in [-0.2, -0.15) is 4.98 Å². The van der Waals surface area contributed by atoms with E-state index in [9.17, 15) is 9.18 Å². The number of aromatic nitrogens is 2. The van der Waals surface area contributed by atoms with Gasteiger partial charge in [0.2, 0.25) is 11.1 Å². The second-order valence-electron chi connectivity index (χ2n) is 5.47. The molecule has 3 aromatic rings. The smallest absolute Gasteiger partial charge is 0.226 e. The van der Waals surface area contributed by atoms with Crippen LogP contribution in [-0.2, 0) is 17.8 Å². The summed E-state index contributed by atoms with van der Waals surface area (Å²) in [5.41, 5.74) is 1.95. The van der Waals surface area contributed by atoms with E-state index in [1.165, 1.54) is 6.07 Å². The van der Waals surface area contributed by atoms with Crippen LogP contribution >= 0.6 is 23.2 Å². The fourth-order valence-electron chi connectivity index (χ4n) is 2.28. The summed E-state index contributed by atoms with van der Waals surface area (Å²) in [5, 5.41) is -0.0892. The molecule has 0 fully saturated rings. The number of carbonyl (C=O) groups is 1. The van der Waals surface area contributed by atoms with Gasteiger partial charge < -0.3 is 4.74 Å². The monoisotopic (exact) mass is 390 g/mol. The molecule has 1 heterocycles. The SMILES string of the molecule is O=C(Cl)Cc1ccc(-c2nccc(OCc3ccc(Cl)cc3F)n2)cc1. The van der Waals surface area contributed by atoms with Crippen molar-refractivity contribution in [2.45, 2.75) is 13.0 Å². The number of ether oxygens (including phenoxy) is 1. The van der Waals surface area contributed by atoms with E-state index in [-0.39, 0.29) is 13.0 Å². The van der Waals surface area contributed by atoms with Gasteiger partial charge in [-0.15, -0.1) is 0 Å². The molecule has 0 saturated carbocycles. The van der Waals surface area contributed by atoms with Crippen molar-refractivity contribution in [3.05, 3.63) is 76.7 Å². The number of carbonyl (C=O) groups excluding carboxylic acids is 1. The molecule has 0 atom stereocenters. The molecule has 0 radical (unpaired) electrons. The Labute approximate surface area is 159 Å². The lowest BCUT2D eigenvalue weighted by atomic mass is 10.1. The van der Waals surface area contributed by atoms with Gasteiger partial charge in [0, 0.05) is 34.8 Å². The van der Waals surface area contributed by atoms with Gasteiger partial charge in [0.25, 0.3) is 0 Å². The van der Waals surface area contributed by atoms with Crippen LogP contribution in [0.4, 0.5) is 4.39 Å². The predicted octanol–water partition coefficient (Wildman–Crippen LogP) is 4.82. The molecule has 3 rings (SSSR count). The average Bonchev–Trinajstić information content (AvgIpc) is 2.61. The van der Waals surface area contributed by atoms with Crippen LogP contribution in [0.2, 0.25) is 5.02 Å². The van der Waals surface area contributed by atoms with Crippen LogP contribution in [0.25, 0.3) is 11.4 Å². The van der Waals surface area contributed by atoms with Gasteiger partial charge in [-0.3, -0.25) is 4.79 Å². The molecule has 0 N–H and O–H groups in total. The molecule has 0 aliphatic heterocycles. The highest BCUT2D eigenvalue weighted by atomic mass is 35.5. The molecule has 0 aliphatic carbocycles. The highest BCUT2D eigenvalue weighted by Gasteiger charge is 2.07. The molecule has 0 spiro atoms. The Hall–Kier alpha value is -2.50. The number of hydrogen-bond donors (Lipinski definition) is 0. The summed E-state index contributed by atoms with van der Waals surface area (Å²) in [6.45, 7) is 0.0240. The second-order valence-corrected chi connectivity index (χ2v) is 6.33. The second kappa shape index (κ2) is 8.25. The third kappa shape index (κ3) is 4.77. The fourth-order valence-corrected chi connectivity index (χ4v) is 2.60. The van der Waals surface area contributed by atoms with E-state index in [0.29, 0.717) is 22.3 Å². The molecule has 0 bridgehead atoms. The lowest BCUT2D eigenvalue weighted by Crippen LogP contribution is -2.01. The maximum atomic E-state index is 13.8. The summed E-state index contributed by atoms with van der Waals surface area (Å²) in [7, 11) is 0. The minimum absolute atomic E-state index is 0.0240. The summed E-state index contributed by atoms with van der Waals surface area (Å²) in [6, 6.07) is 13.2. The third-order valence-corrected chi connectivity index (χ3v) is 3.94. The molecule has 0 aliphatic rings. The predicted molar refractivity (Wildman–Crippen MR) is 97.8 cm³/mol. The number of benzene rings is 2. The molecular weight excluding hydrogens is 378 g/mol. The lowest BCUT2D eigenvalue weighted by Gasteiger charge is -2.08. The first-order chi connectivity index (χ1) is 12.5. The molecule has 0 unspecified atom stereocenters. The average molecular weight is 391 g/mol. The quantitative estimate of drug-likeness (QED) is 0.566. The van der Waals surface area contributed by atoms with Gasteiger partial charge in [-0.25, -0.2) is 9.37 Å². The van der Waals surface area contributed by atoms with Gasteiger partial charge >= 0.3 is 0 Å². The largest absolute Gasteiger partial charge is 0.473 e. The van der Waals surface area contributed by atoms with E-state index in [4.69, 9.17) is 27.9 Å². The third-order valence-electron chi connectivity index (χ3n) is 3.58. The van der Waals surface area contributed by atoms with Crippen LogP contribution in [0.5, 0.6) is 5.88 Å². The molecule has 0 amide bonds. The normalized spacial score (nSPS) is 10.6. The summed E-state index contributed by atoms with van der Waals surface area (Å²) in [6.07, 6.45) is 1.73. The van der Waals surface area contributed by atoms with Crippen molar-refractivity contribution >= 4 is 28.4 Å². The maximum absolute atomic E-state index is 13.8. The number of hydrogen-bond acceptors (Lipinski definition) is 4. The van der Waals surface area contributed by atoms with Crippen molar-refractivity contribution in [2.75, 3.05) is 0 Å². The van der Waals surface area contributed by atoms with Gasteiger partial charge in [-0.05, 0) is 29.3 Å². The van der Waals surface area contributed by atoms with Crippen LogP contribution in [-0.4, -0.2) is 15.2 Å². The van der Waals surface area contributed by atoms with E-state index >= 15 is 0 Å². The number of halogens is 3. The Morgan fingerprint density at radius 1 is 1.12 bits per heavy atom. The van der Waals surface area contributed by atoms with Crippen molar-refractivity contribution in [2.24, 2.45) is 0 Å². The standard InChI is InChI=1S/C19H13Cl2FN2O2/c20-15-6-5-14(16(22)10-15)11-26-18-7-8-23-19(24-18)13-3-1-12(2-4-13)9-17(21)25/h1-8,10H,9,11H2. The number of nitrogens with zero attached hydrogens (tertiary/aromatic N) is 2. The van der Waals surface area contributed by atoms with Gasteiger partial charge in [0.1, 0.15) is 12.4 Å². The first-order valence-electron chi connectivity index (χ1n) is 7.68. The summed E-state index contributed by atoms with van der Waals surface area (Å²) in [4.78, 5) is 19.5. The Bertz CT molecular complexity index is 933. The van der Waals surface area contributed by atoms with Crippen LogP contribution in [0, 0.1) is 5.82 Å². The van der Waals surface area contributed by atoms with Gasteiger partial charge in [0.15, 0.2) is 5.82 Å². The molecule has 0 saturated heterocycles. The zero-order chi connectivity index (χ0) is 18.5. The first-order valence-corrected chi connectivity index (χ1v) is 8.44. The van der Waals surface area contributed by atoms with Crippen LogP contribution in [0.1, 0.15) is 11.1 Å². The van der Waals surface area contributed by atoms with Crippen LogP contribution in [0.3, 0.4) is 0 Å². The highest BCUT2D eigenvalue weighted by molar-refractivity contribution is 6.63. The Kier molecular flexibility index (Phi) is 5.81. The molecule has 1 aromatic heterocycles. The zero-order valence-corrected chi connectivity index (χ0v) is 15.0. The van der Waals surface area contributed by atoms with E-state index in [1.807, 2.05) is 0 Å². The Morgan fingerprint density at radius 3 is 2.58 bits per heavy atom. The fraction of sp³-hybridized carbons (Fsp3) is 0.105. The Balaban J connectivity index is 1.72. The maximum Gasteiger partial charge on any atom is 0.226 e. The summed E-state index contributed by atoms with van der Waals surface area (Å²) >= 11 is 11.1. The molecular formula is C19H13Cl2FN2O2. The first kappa shape index (κ1) is 18.3. The minimum Gasteiger partial charge on any atom is -0.473 e. The van der Waals surface area contributed by atoms with Crippen molar-refractivity contribution in [3.8, 4) is 17.3 Å². The van der Waals surface area contributed by atoms with Crippen molar-refractivity contribution in [3.63, 3.8) is 0 Å². The zero-order valence-electron chi connectivity index (χ0n) is 13.5. The molecule has 132 valence electrons. The summed E-state index contributed by atoms with van der Waals surface area (Å²) in [5.74, 6) is 0.350. The molecule has 7 heteroatoms. The molecule has 2 aromatic carbocycles. The van der Waals surface area contributed by atoms with Gasteiger partial charge in [-0.1, -0.05) is 41.9 Å². The lowest BCUT2D eigenvalue weighted by molar-refractivity contribution is -0.111. The van der Waals surface area contributed by atoms with Gasteiger partial charge in [0.05, 0.1) is 0 Å². The minimum atomic E-state index is -0.434. The van der Waals surface area contributed by atoms with Crippen molar-refractivity contribution in [1.82, 2.24) is 9.97 Å². The van der Waals surface area contributed by atoms with E-state index in [1.54, 1.807) is 48.7 Å². The van der Waals surface area contributed by atoms with E-state index in [0.717, 1.165) is 11.1 Å². The number of rotatable bonds is 6. The van der Waals surface area contributed by atoms with Crippen molar-refractivity contribution < 1.29 is 13.9 Å².